The number of nitrogens with one attached hydrogen (secondary N) is 2. The van der Waals surface area contributed by atoms with Crippen molar-refractivity contribution in [1.82, 2.24) is 9.36 Å². The van der Waals surface area contributed by atoms with Gasteiger partial charge in [-0.15, -0.1) is 0 Å². The van der Waals surface area contributed by atoms with Gasteiger partial charge >= 0.3 is 0 Å². The quantitative estimate of drug-likeness (QED) is 0.348. The zero-order valence-electron chi connectivity index (χ0n) is 20.7. The summed E-state index contributed by atoms with van der Waals surface area (Å²) in [5.74, 6) is -0.677. The molecule has 0 spiro atoms. The molecule has 0 bridgehead atoms. The minimum absolute atomic E-state index is 0.134. The van der Waals surface area contributed by atoms with Crippen molar-refractivity contribution in [2.75, 3.05) is 10.6 Å². The maximum atomic E-state index is 13.1. The molecule has 5 rings (SSSR count). The highest BCUT2D eigenvalue weighted by molar-refractivity contribution is 6.05. The lowest BCUT2D eigenvalue weighted by Crippen LogP contribution is -2.23. The largest absolute Gasteiger partial charge is 0.464 e. The van der Waals surface area contributed by atoms with Crippen LogP contribution in [0.1, 0.15) is 27.2 Å². The number of aromatic nitrogens is 2. The van der Waals surface area contributed by atoms with Crippen LogP contribution in [0.4, 0.5) is 11.4 Å². The number of hydrogen-bond acceptors (Lipinski definition) is 4. The second-order valence-electron chi connectivity index (χ2n) is 8.96. The van der Waals surface area contributed by atoms with E-state index in [-0.39, 0.29) is 23.6 Å². The molecule has 0 aliphatic rings. The summed E-state index contributed by atoms with van der Waals surface area (Å²) in [5.41, 5.74) is 4.60. The van der Waals surface area contributed by atoms with Crippen molar-refractivity contribution in [2.45, 2.75) is 20.3 Å². The topological polar surface area (TPSA) is 98.3 Å². The Bertz CT molecular complexity index is 1690. The zero-order chi connectivity index (χ0) is 26.1. The molecule has 0 saturated heterocycles. The van der Waals surface area contributed by atoms with E-state index in [4.69, 9.17) is 4.42 Å². The highest BCUT2D eigenvalue weighted by atomic mass is 16.3. The van der Waals surface area contributed by atoms with Gasteiger partial charge < -0.3 is 15.1 Å². The Hall–Kier alpha value is -4.85. The number of anilines is 2. The fraction of sp³-hybridized carbons (Fsp3) is 0.138. The molecular formula is C29H26N4O4. The fourth-order valence-corrected chi connectivity index (χ4v) is 4.34. The molecule has 3 aromatic carbocycles. The summed E-state index contributed by atoms with van der Waals surface area (Å²) >= 11 is 0. The fourth-order valence-electron chi connectivity index (χ4n) is 4.34. The van der Waals surface area contributed by atoms with E-state index in [2.05, 4.69) is 10.6 Å². The Labute approximate surface area is 213 Å². The number of carbonyl (C=O) groups excluding carboxylic acids is 2. The third kappa shape index (κ3) is 4.69. The standard InChI is InChI=1S/C29H26N4O4/c1-18-12-13-24-21(17-37-25(24)14-18)16-26(34)30-22-9-7-8-20(15-22)28(35)31-27-19(2)32(3)33(29(27)36)23-10-5-4-6-11-23/h4-15,17H,16H2,1-3H3,(H,30,34)(H,31,35). The number of rotatable bonds is 6. The van der Waals surface area contributed by atoms with E-state index in [9.17, 15) is 14.4 Å². The van der Waals surface area contributed by atoms with E-state index in [0.717, 1.165) is 22.1 Å². The second kappa shape index (κ2) is 9.66. The van der Waals surface area contributed by atoms with Crippen molar-refractivity contribution in [3.63, 3.8) is 0 Å². The molecule has 8 nitrogen and oxygen atoms in total. The first-order chi connectivity index (χ1) is 17.8. The number of aryl methyl sites for hydroxylation is 1. The van der Waals surface area contributed by atoms with Gasteiger partial charge in [-0.25, -0.2) is 4.68 Å². The van der Waals surface area contributed by atoms with E-state index in [1.807, 2.05) is 55.5 Å². The normalized spacial score (nSPS) is 11.0. The molecule has 2 aromatic heterocycles. The lowest BCUT2D eigenvalue weighted by atomic mass is 10.1. The van der Waals surface area contributed by atoms with Gasteiger partial charge in [-0.2, -0.15) is 0 Å². The lowest BCUT2D eigenvalue weighted by molar-refractivity contribution is -0.115. The predicted molar refractivity (Wildman–Crippen MR) is 143 cm³/mol. The van der Waals surface area contributed by atoms with Crippen LogP contribution in [0.3, 0.4) is 0 Å². The molecule has 2 heterocycles. The van der Waals surface area contributed by atoms with E-state index in [0.29, 0.717) is 22.6 Å². The van der Waals surface area contributed by atoms with Crippen molar-refractivity contribution >= 4 is 34.2 Å². The smallest absolute Gasteiger partial charge is 0.295 e. The molecule has 0 unspecified atom stereocenters. The van der Waals surface area contributed by atoms with Gasteiger partial charge in [0.2, 0.25) is 5.91 Å². The molecule has 0 saturated carbocycles. The van der Waals surface area contributed by atoms with Crippen LogP contribution in [0.15, 0.2) is 88.3 Å². The Kier molecular flexibility index (Phi) is 6.23. The van der Waals surface area contributed by atoms with Gasteiger partial charge in [-0.3, -0.25) is 19.1 Å². The van der Waals surface area contributed by atoms with E-state index in [1.54, 1.807) is 49.2 Å². The van der Waals surface area contributed by atoms with Gasteiger partial charge in [0.15, 0.2) is 0 Å². The van der Waals surface area contributed by atoms with Crippen LogP contribution in [-0.2, 0) is 18.3 Å². The zero-order valence-corrected chi connectivity index (χ0v) is 20.7. The van der Waals surface area contributed by atoms with Gasteiger partial charge in [0.25, 0.3) is 11.5 Å². The van der Waals surface area contributed by atoms with Crippen LogP contribution in [0.25, 0.3) is 16.7 Å². The second-order valence-corrected chi connectivity index (χ2v) is 8.96. The van der Waals surface area contributed by atoms with Crippen molar-refractivity contribution in [3.8, 4) is 5.69 Å². The molecule has 0 aliphatic carbocycles. The van der Waals surface area contributed by atoms with Crippen LogP contribution in [-0.4, -0.2) is 21.2 Å². The number of furan rings is 1. The summed E-state index contributed by atoms with van der Waals surface area (Å²) in [6, 6.07) is 21.7. The molecule has 2 N–H and O–H groups in total. The molecule has 2 amide bonds. The van der Waals surface area contributed by atoms with Crippen molar-refractivity contribution in [1.29, 1.82) is 0 Å². The van der Waals surface area contributed by atoms with Gasteiger partial charge in [-0.05, 0) is 55.8 Å². The first-order valence-corrected chi connectivity index (χ1v) is 11.8. The number of amides is 2. The summed E-state index contributed by atoms with van der Waals surface area (Å²) in [6.07, 6.45) is 1.73. The van der Waals surface area contributed by atoms with Crippen molar-refractivity contribution in [2.24, 2.45) is 7.05 Å². The molecule has 37 heavy (non-hydrogen) atoms. The Balaban J connectivity index is 1.32. The van der Waals surface area contributed by atoms with E-state index in [1.165, 1.54) is 4.68 Å². The molecule has 0 fully saturated rings. The average Bonchev–Trinajstić information content (AvgIpc) is 3.37. The monoisotopic (exact) mass is 494 g/mol. The molecule has 0 radical (unpaired) electrons. The molecule has 0 atom stereocenters. The van der Waals surface area contributed by atoms with Gasteiger partial charge in [0, 0.05) is 29.2 Å². The first-order valence-electron chi connectivity index (χ1n) is 11.8. The summed E-state index contributed by atoms with van der Waals surface area (Å²) in [7, 11) is 1.76. The van der Waals surface area contributed by atoms with E-state index >= 15 is 0 Å². The Morgan fingerprint density at radius 1 is 0.919 bits per heavy atom. The van der Waals surface area contributed by atoms with Crippen LogP contribution in [0.2, 0.25) is 0 Å². The van der Waals surface area contributed by atoms with Gasteiger partial charge in [0.1, 0.15) is 11.3 Å². The van der Waals surface area contributed by atoms with Crippen molar-refractivity contribution in [3.05, 3.63) is 112 Å². The van der Waals surface area contributed by atoms with Gasteiger partial charge in [0.05, 0.1) is 24.1 Å². The van der Waals surface area contributed by atoms with Gasteiger partial charge in [-0.1, -0.05) is 36.4 Å². The average molecular weight is 495 g/mol. The summed E-state index contributed by atoms with van der Waals surface area (Å²) in [5, 5.41) is 6.49. The SMILES string of the molecule is Cc1ccc2c(CC(=O)Nc3cccc(C(=O)Nc4c(C)n(C)n(-c5ccccc5)c4=O)c3)coc2c1. The van der Waals surface area contributed by atoms with E-state index < -0.39 is 5.91 Å². The molecule has 186 valence electrons. The summed E-state index contributed by atoms with van der Waals surface area (Å²) in [4.78, 5) is 38.9. The molecule has 0 aliphatic heterocycles. The number of benzene rings is 3. The lowest BCUT2D eigenvalue weighted by Gasteiger charge is -2.08. The highest BCUT2D eigenvalue weighted by Gasteiger charge is 2.19. The van der Waals surface area contributed by atoms with Crippen LogP contribution in [0, 0.1) is 13.8 Å². The maximum absolute atomic E-state index is 13.1. The Morgan fingerprint density at radius 3 is 2.49 bits per heavy atom. The number of para-hydroxylation sites is 1. The minimum atomic E-state index is -0.446. The highest BCUT2D eigenvalue weighted by Crippen LogP contribution is 2.23. The van der Waals surface area contributed by atoms with Crippen LogP contribution >= 0.6 is 0 Å². The minimum Gasteiger partial charge on any atom is -0.464 e. The first kappa shape index (κ1) is 23.9. The number of hydrogen-bond donors (Lipinski definition) is 2. The van der Waals surface area contributed by atoms with Crippen molar-refractivity contribution < 1.29 is 14.0 Å². The molecular weight excluding hydrogens is 468 g/mol. The number of nitrogens with zero attached hydrogens (tertiary/aromatic N) is 2. The predicted octanol–water partition coefficient (Wildman–Crippen LogP) is 4.97. The maximum Gasteiger partial charge on any atom is 0.295 e. The third-order valence-corrected chi connectivity index (χ3v) is 6.36. The van der Waals surface area contributed by atoms with Crippen LogP contribution in [0.5, 0.6) is 0 Å². The summed E-state index contributed by atoms with van der Waals surface area (Å²) < 4.78 is 8.79. The number of fused-ring (bicyclic) bond motifs is 1. The van der Waals surface area contributed by atoms with Crippen LogP contribution < -0.4 is 16.2 Å². The Morgan fingerprint density at radius 2 is 1.70 bits per heavy atom. The third-order valence-electron chi connectivity index (χ3n) is 6.36. The summed E-state index contributed by atoms with van der Waals surface area (Å²) in [6.45, 7) is 3.75. The molecule has 5 aromatic rings. The molecule has 8 heteroatoms. The number of carbonyl (C=O) groups is 2.